The molecule has 8 atom stereocenters. The van der Waals surface area contributed by atoms with Crippen molar-refractivity contribution in [2.24, 2.45) is 29.1 Å². The summed E-state index contributed by atoms with van der Waals surface area (Å²) in [5.41, 5.74) is 1.47. The molecule has 1 N–H and O–H groups in total. The summed E-state index contributed by atoms with van der Waals surface area (Å²) in [6.45, 7) is 44.6. The molecule has 0 amide bonds. The molecule has 4 nitrogen and oxygen atoms in total. The Bertz CT molecular complexity index is 1310. The summed E-state index contributed by atoms with van der Waals surface area (Å²) >= 11 is 0. The molecule has 0 unspecified atom stereocenters. The van der Waals surface area contributed by atoms with Crippen molar-refractivity contribution in [2.75, 3.05) is 0 Å². The van der Waals surface area contributed by atoms with Gasteiger partial charge in [0.1, 0.15) is 5.60 Å². The van der Waals surface area contributed by atoms with Crippen molar-refractivity contribution in [2.45, 2.75) is 239 Å². The third kappa shape index (κ3) is 10.5. The van der Waals surface area contributed by atoms with E-state index in [0.29, 0.717) is 11.8 Å². The van der Waals surface area contributed by atoms with Crippen LogP contribution in [-0.4, -0.2) is 53.5 Å². The molecule has 7 heteroatoms. The first kappa shape index (κ1) is 47.2. The van der Waals surface area contributed by atoms with Gasteiger partial charge in [-0.05, 0) is 136 Å². The quantitative estimate of drug-likeness (QED) is 0.141. The molecule has 3 aliphatic rings. The predicted octanol–water partition coefficient (Wildman–Crippen LogP) is 13.7. The SMILES string of the molecule is CC[Si](CC)(CC)OC(C)(C)CCC[C@@H](C)[C@H]1CC[C@H]2[C@](O)(C#CC3=C(C)[C@@H](O[Si](C)(C)C(C)(C)C)C[C@H](O[Si](C)(C)C(C)(C)C)C3)[C@H](C)CC[C@]12C. The minimum Gasteiger partial charge on any atom is -0.413 e. The monoisotopic (exact) mass is 789 g/mol. The number of aliphatic hydroxyl groups is 1. The van der Waals surface area contributed by atoms with E-state index in [-0.39, 0.29) is 45.1 Å². The van der Waals surface area contributed by atoms with Gasteiger partial charge >= 0.3 is 0 Å². The molecular weight excluding hydrogens is 701 g/mol. The Balaban J connectivity index is 1.88. The molecule has 0 saturated heterocycles. The Morgan fingerprint density at radius 2 is 1.42 bits per heavy atom. The fraction of sp³-hybridized carbons (Fsp3) is 0.913. The molecule has 3 aliphatic carbocycles. The highest BCUT2D eigenvalue weighted by Gasteiger charge is 2.60. The highest BCUT2D eigenvalue weighted by atomic mass is 28.4. The van der Waals surface area contributed by atoms with E-state index in [1.54, 1.807) is 0 Å². The molecule has 2 fully saturated rings. The Morgan fingerprint density at radius 3 is 1.94 bits per heavy atom. The number of fused-ring (bicyclic) bond motifs is 1. The zero-order chi connectivity index (χ0) is 40.6. The second-order valence-electron chi connectivity index (χ2n) is 22.2. The van der Waals surface area contributed by atoms with Crippen molar-refractivity contribution >= 4 is 25.0 Å². The van der Waals surface area contributed by atoms with Gasteiger partial charge in [0.25, 0.3) is 0 Å². The number of hydrogen-bond acceptors (Lipinski definition) is 4. The Hall–Kier alpha value is -0.209. The summed E-state index contributed by atoms with van der Waals surface area (Å²) in [7, 11) is -5.67. The van der Waals surface area contributed by atoms with Crippen LogP contribution in [0.4, 0.5) is 0 Å². The maximum atomic E-state index is 12.8. The summed E-state index contributed by atoms with van der Waals surface area (Å²) in [5, 5.41) is 13.1. The highest BCUT2D eigenvalue weighted by molar-refractivity contribution is 6.74. The van der Waals surface area contributed by atoms with Gasteiger partial charge in [-0.2, -0.15) is 0 Å². The van der Waals surface area contributed by atoms with Gasteiger partial charge in [-0.1, -0.05) is 108 Å². The molecule has 0 aliphatic heterocycles. The van der Waals surface area contributed by atoms with Crippen molar-refractivity contribution in [3.05, 3.63) is 11.1 Å². The van der Waals surface area contributed by atoms with Crippen LogP contribution in [0, 0.1) is 40.9 Å². The van der Waals surface area contributed by atoms with Crippen LogP contribution in [0.2, 0.25) is 54.4 Å². The van der Waals surface area contributed by atoms with Crippen molar-refractivity contribution in [1.29, 1.82) is 0 Å². The molecule has 3 rings (SSSR count). The predicted molar refractivity (Wildman–Crippen MR) is 237 cm³/mol. The van der Waals surface area contributed by atoms with Crippen LogP contribution < -0.4 is 0 Å². The van der Waals surface area contributed by atoms with E-state index in [0.717, 1.165) is 37.7 Å². The van der Waals surface area contributed by atoms with Gasteiger partial charge in [0.05, 0.1) is 17.8 Å². The normalized spacial score (nSPS) is 31.3. The Labute approximate surface area is 333 Å². The summed E-state index contributed by atoms with van der Waals surface area (Å²) in [6, 6.07) is 3.62. The van der Waals surface area contributed by atoms with Gasteiger partial charge in [0.15, 0.2) is 25.0 Å². The van der Waals surface area contributed by atoms with Crippen molar-refractivity contribution in [1.82, 2.24) is 0 Å². The first-order valence-corrected chi connectivity index (χ1v) is 30.4. The van der Waals surface area contributed by atoms with Crippen LogP contribution in [0.1, 0.15) is 162 Å². The lowest BCUT2D eigenvalue weighted by atomic mass is 9.55. The minimum atomic E-state index is -2.03. The Kier molecular flexibility index (Phi) is 15.1. The summed E-state index contributed by atoms with van der Waals surface area (Å²) in [4.78, 5) is 0. The average molecular weight is 789 g/mol. The maximum Gasteiger partial charge on any atom is 0.192 e. The van der Waals surface area contributed by atoms with Gasteiger partial charge in [-0.3, -0.25) is 0 Å². The van der Waals surface area contributed by atoms with Crippen LogP contribution in [0.15, 0.2) is 11.1 Å². The Morgan fingerprint density at radius 1 is 0.868 bits per heavy atom. The van der Waals surface area contributed by atoms with Gasteiger partial charge in [0, 0.05) is 24.3 Å². The first-order chi connectivity index (χ1) is 24.0. The molecule has 0 heterocycles. The second kappa shape index (κ2) is 16.9. The van der Waals surface area contributed by atoms with Gasteiger partial charge < -0.3 is 18.4 Å². The third-order valence-electron chi connectivity index (χ3n) is 16.2. The van der Waals surface area contributed by atoms with Gasteiger partial charge in [0.2, 0.25) is 0 Å². The van der Waals surface area contributed by atoms with E-state index in [1.807, 2.05) is 0 Å². The molecule has 53 heavy (non-hydrogen) atoms. The van der Waals surface area contributed by atoms with Crippen molar-refractivity contribution < 1.29 is 18.4 Å². The van der Waals surface area contributed by atoms with Crippen molar-refractivity contribution in [3.8, 4) is 11.8 Å². The van der Waals surface area contributed by atoms with Crippen LogP contribution in [0.5, 0.6) is 0 Å². The molecular formula is C46H88O4Si3. The van der Waals surface area contributed by atoms with Crippen LogP contribution >= 0.6 is 0 Å². The zero-order valence-corrected chi connectivity index (χ0v) is 41.6. The van der Waals surface area contributed by atoms with Crippen molar-refractivity contribution in [3.63, 3.8) is 0 Å². The van der Waals surface area contributed by atoms with E-state index in [2.05, 4.69) is 142 Å². The molecule has 0 bridgehead atoms. The third-order valence-corrected chi connectivity index (χ3v) is 30.0. The summed E-state index contributed by atoms with van der Waals surface area (Å²) < 4.78 is 21.2. The molecule has 0 aromatic carbocycles. The van der Waals surface area contributed by atoms with Crippen LogP contribution in [-0.2, 0) is 13.3 Å². The molecule has 0 aromatic heterocycles. The minimum absolute atomic E-state index is 0.00386. The lowest BCUT2D eigenvalue weighted by Crippen LogP contribution is -2.53. The molecule has 2 saturated carbocycles. The van der Waals surface area contributed by atoms with E-state index in [1.165, 1.54) is 49.4 Å². The van der Waals surface area contributed by atoms with Crippen LogP contribution in [0.3, 0.4) is 0 Å². The fourth-order valence-corrected chi connectivity index (χ4v) is 15.9. The standard InChI is InChI=1S/C46H88O4Si3/c1-20-53(21-2,22-3)50-44(13,14)29-23-24-34(4)39-25-26-41-45(39,15)30-27-35(5)46(41,47)31-28-37-32-38(48-51(16,17)42(7,8)9)33-40(36(37)6)49-52(18,19)43(10,11)12/h34-35,38-41,47H,20-27,29-30,32-33H2,1-19H3/t34-,35-,38-,39-,40+,41-,45-,46+/m1/s1. The largest absolute Gasteiger partial charge is 0.413 e. The first-order valence-electron chi connectivity index (χ1n) is 22.0. The maximum absolute atomic E-state index is 12.8. The van der Waals surface area contributed by atoms with Gasteiger partial charge in [-0.15, -0.1) is 0 Å². The van der Waals surface area contributed by atoms with E-state index < -0.39 is 30.6 Å². The number of hydrogen-bond donors (Lipinski definition) is 1. The second-order valence-corrected chi connectivity index (χ2v) is 36.4. The molecule has 308 valence electrons. The topological polar surface area (TPSA) is 47.9 Å². The van der Waals surface area contributed by atoms with Crippen LogP contribution in [0.25, 0.3) is 0 Å². The molecule has 0 radical (unpaired) electrons. The summed E-state index contributed by atoms with van der Waals surface area (Å²) in [5.74, 6) is 9.00. The van der Waals surface area contributed by atoms with E-state index >= 15 is 0 Å². The molecule has 0 spiro atoms. The average Bonchev–Trinajstić information content (AvgIpc) is 3.39. The lowest BCUT2D eigenvalue weighted by molar-refractivity contribution is -0.104. The highest BCUT2D eigenvalue weighted by Crippen LogP contribution is 2.62. The zero-order valence-electron chi connectivity index (χ0n) is 38.6. The molecule has 0 aromatic rings. The fourth-order valence-electron chi connectivity index (χ4n) is 10.00. The summed E-state index contributed by atoms with van der Waals surface area (Å²) in [6.07, 6.45) is 9.84. The smallest absolute Gasteiger partial charge is 0.192 e. The number of rotatable bonds is 14. The lowest BCUT2D eigenvalue weighted by Gasteiger charge is -2.52. The van der Waals surface area contributed by atoms with E-state index in [4.69, 9.17) is 13.3 Å². The van der Waals surface area contributed by atoms with Gasteiger partial charge in [-0.25, -0.2) is 0 Å². The van der Waals surface area contributed by atoms with E-state index in [9.17, 15) is 5.11 Å².